The zero-order valence-electron chi connectivity index (χ0n) is 18.9. The van der Waals surface area contributed by atoms with Crippen molar-refractivity contribution >= 4 is 28.6 Å². The molecule has 0 spiro atoms. The van der Waals surface area contributed by atoms with Gasteiger partial charge in [0, 0.05) is 16.9 Å². The topological polar surface area (TPSA) is 113 Å². The van der Waals surface area contributed by atoms with E-state index in [-0.39, 0.29) is 12.4 Å². The zero-order chi connectivity index (χ0) is 23.8. The quantitative estimate of drug-likeness (QED) is 0.410. The lowest BCUT2D eigenvalue weighted by molar-refractivity contribution is 0.176. The summed E-state index contributed by atoms with van der Waals surface area (Å²) in [7, 11) is 0. The number of aromatic nitrogens is 4. The van der Waals surface area contributed by atoms with Gasteiger partial charge >= 0.3 is 0 Å². The summed E-state index contributed by atoms with van der Waals surface area (Å²) in [5.74, 6) is 5.74. The van der Waals surface area contributed by atoms with E-state index in [4.69, 9.17) is 10.8 Å². The highest BCUT2D eigenvalue weighted by molar-refractivity contribution is 5.90. The summed E-state index contributed by atoms with van der Waals surface area (Å²) in [6, 6.07) is 13.9. The van der Waals surface area contributed by atoms with Crippen LogP contribution in [-0.4, -0.2) is 36.6 Å². The van der Waals surface area contributed by atoms with Crippen molar-refractivity contribution in [1.29, 1.82) is 0 Å². The minimum atomic E-state index is -0.868. The van der Waals surface area contributed by atoms with E-state index in [0.29, 0.717) is 23.3 Å². The van der Waals surface area contributed by atoms with Gasteiger partial charge in [-0.05, 0) is 48.6 Å². The van der Waals surface area contributed by atoms with Gasteiger partial charge in [0.25, 0.3) is 0 Å². The molecular formula is C26H24N6O2. The van der Waals surface area contributed by atoms with E-state index < -0.39 is 6.23 Å². The number of nitrogens with zero attached hydrogens (tertiary/aromatic N) is 5. The van der Waals surface area contributed by atoms with E-state index in [0.717, 1.165) is 33.6 Å². The van der Waals surface area contributed by atoms with E-state index in [9.17, 15) is 5.11 Å². The van der Waals surface area contributed by atoms with Gasteiger partial charge in [-0.1, -0.05) is 42.3 Å². The Hall–Kier alpha value is -4.19. The summed E-state index contributed by atoms with van der Waals surface area (Å²) in [4.78, 5) is 10.4. The second-order valence-corrected chi connectivity index (χ2v) is 8.17. The first-order valence-corrected chi connectivity index (χ1v) is 10.9. The number of anilines is 2. The molecule has 0 saturated carbocycles. The van der Waals surface area contributed by atoms with E-state index in [2.05, 4.69) is 33.0 Å². The molecule has 0 aliphatic carbocycles. The standard InChI is InChI=1S/C26H24N6O2/c1-16-7-3-4-11-21(16)32-19(13-18-9-5-8-17(2)22(18)26(32)34)14-31-25-23(24(27)28-15-29-25)20(30-31)10-6-12-33/h3-5,7-9,11,13,15,26,33-34H,12,14H2,1-2H3,(H2,27,28,29). The number of nitrogen functional groups attached to an aromatic ring is 1. The maximum atomic E-state index is 11.6. The van der Waals surface area contributed by atoms with Crippen molar-refractivity contribution in [3.63, 3.8) is 0 Å². The van der Waals surface area contributed by atoms with Crippen molar-refractivity contribution in [2.75, 3.05) is 17.2 Å². The summed E-state index contributed by atoms with van der Waals surface area (Å²) in [5.41, 5.74) is 12.7. The number of aliphatic hydroxyl groups excluding tert-OH is 2. The van der Waals surface area contributed by atoms with Crippen LogP contribution >= 0.6 is 0 Å². The number of nitrogens with two attached hydrogens (primary N) is 1. The maximum absolute atomic E-state index is 11.6. The summed E-state index contributed by atoms with van der Waals surface area (Å²) in [5, 5.41) is 25.9. The average Bonchev–Trinajstić information content (AvgIpc) is 3.17. The molecule has 8 heteroatoms. The van der Waals surface area contributed by atoms with Crippen LogP contribution in [0.15, 0.2) is 54.5 Å². The Morgan fingerprint density at radius 1 is 1.06 bits per heavy atom. The number of rotatable bonds is 3. The molecule has 0 amide bonds. The highest BCUT2D eigenvalue weighted by atomic mass is 16.3. The molecular weight excluding hydrogens is 428 g/mol. The Balaban J connectivity index is 1.69. The predicted octanol–water partition coefficient (Wildman–Crippen LogP) is 2.92. The molecule has 1 unspecified atom stereocenters. The Labute approximate surface area is 197 Å². The van der Waals surface area contributed by atoms with Crippen LogP contribution in [0, 0.1) is 25.7 Å². The molecule has 2 aromatic heterocycles. The van der Waals surface area contributed by atoms with Crippen LogP contribution in [0.25, 0.3) is 17.1 Å². The van der Waals surface area contributed by atoms with Crippen LogP contribution in [0.4, 0.5) is 11.5 Å². The number of allylic oxidation sites excluding steroid dienone is 1. The zero-order valence-corrected chi connectivity index (χ0v) is 18.9. The van der Waals surface area contributed by atoms with Crippen molar-refractivity contribution < 1.29 is 10.2 Å². The summed E-state index contributed by atoms with van der Waals surface area (Å²) < 4.78 is 1.71. The van der Waals surface area contributed by atoms with E-state index in [1.807, 2.05) is 61.2 Å². The normalized spacial score (nSPS) is 15.0. The fraction of sp³-hybridized carbons (Fsp3) is 0.192. The van der Waals surface area contributed by atoms with Crippen LogP contribution in [-0.2, 0) is 6.54 Å². The van der Waals surface area contributed by atoms with Gasteiger partial charge in [0.15, 0.2) is 11.9 Å². The predicted molar refractivity (Wildman–Crippen MR) is 131 cm³/mol. The van der Waals surface area contributed by atoms with Crippen molar-refractivity contribution in [2.24, 2.45) is 0 Å². The first kappa shape index (κ1) is 21.6. The molecule has 5 rings (SSSR count). The third kappa shape index (κ3) is 3.57. The second-order valence-electron chi connectivity index (χ2n) is 8.17. The molecule has 0 fully saturated rings. The van der Waals surface area contributed by atoms with Gasteiger partial charge in [-0.15, -0.1) is 0 Å². The number of aryl methyl sites for hydroxylation is 2. The van der Waals surface area contributed by atoms with E-state index in [1.54, 1.807) is 4.68 Å². The van der Waals surface area contributed by atoms with Crippen molar-refractivity contribution in [3.8, 4) is 11.8 Å². The third-order valence-electron chi connectivity index (χ3n) is 6.02. The molecule has 8 nitrogen and oxygen atoms in total. The lowest BCUT2D eigenvalue weighted by Gasteiger charge is -2.38. The first-order chi connectivity index (χ1) is 16.5. The molecule has 4 N–H and O–H groups in total. The Morgan fingerprint density at radius 2 is 1.85 bits per heavy atom. The summed E-state index contributed by atoms with van der Waals surface area (Å²) in [6.45, 7) is 4.04. The van der Waals surface area contributed by atoms with Crippen molar-refractivity contribution in [1.82, 2.24) is 19.7 Å². The minimum absolute atomic E-state index is 0.271. The van der Waals surface area contributed by atoms with Gasteiger partial charge < -0.3 is 20.8 Å². The smallest absolute Gasteiger partial charge is 0.165 e. The fourth-order valence-corrected chi connectivity index (χ4v) is 4.46. The number of aliphatic hydroxyl groups is 2. The lowest BCUT2D eigenvalue weighted by Crippen LogP contribution is -2.34. The number of fused-ring (bicyclic) bond motifs is 2. The van der Waals surface area contributed by atoms with Gasteiger partial charge in [-0.25, -0.2) is 14.6 Å². The van der Waals surface area contributed by atoms with Crippen LogP contribution in [0.5, 0.6) is 0 Å². The molecule has 0 bridgehead atoms. The van der Waals surface area contributed by atoms with Crippen LogP contribution in [0.2, 0.25) is 0 Å². The maximum Gasteiger partial charge on any atom is 0.165 e. The SMILES string of the molecule is Cc1ccccc1N1C(Cn2nc(C#CCO)c3c(N)ncnc32)=Cc2cccc(C)c2C1O. The highest BCUT2D eigenvalue weighted by Crippen LogP contribution is 2.40. The second kappa shape index (κ2) is 8.63. The van der Waals surface area contributed by atoms with E-state index >= 15 is 0 Å². The minimum Gasteiger partial charge on any atom is -0.384 e. The Bertz CT molecular complexity index is 1490. The Kier molecular flexibility index (Phi) is 5.49. The largest absolute Gasteiger partial charge is 0.384 e. The molecule has 1 atom stereocenters. The van der Waals surface area contributed by atoms with Crippen LogP contribution in [0.3, 0.4) is 0 Å². The van der Waals surface area contributed by atoms with Crippen LogP contribution < -0.4 is 10.6 Å². The molecule has 4 aromatic rings. The Morgan fingerprint density at radius 3 is 2.65 bits per heavy atom. The lowest BCUT2D eigenvalue weighted by atomic mass is 9.94. The molecule has 0 radical (unpaired) electrons. The van der Waals surface area contributed by atoms with Gasteiger partial charge in [-0.3, -0.25) is 0 Å². The molecule has 0 saturated heterocycles. The number of para-hydroxylation sites is 1. The molecule has 1 aliphatic rings. The van der Waals surface area contributed by atoms with Gasteiger partial charge in [0.05, 0.1) is 11.9 Å². The fourth-order valence-electron chi connectivity index (χ4n) is 4.46. The monoisotopic (exact) mass is 452 g/mol. The summed E-state index contributed by atoms with van der Waals surface area (Å²) in [6.07, 6.45) is 2.59. The average molecular weight is 453 g/mol. The number of hydrogen-bond acceptors (Lipinski definition) is 7. The first-order valence-electron chi connectivity index (χ1n) is 10.9. The number of hydrogen-bond donors (Lipinski definition) is 3. The third-order valence-corrected chi connectivity index (χ3v) is 6.02. The number of benzene rings is 2. The molecule has 2 aromatic carbocycles. The molecule has 1 aliphatic heterocycles. The van der Waals surface area contributed by atoms with Gasteiger partial charge in [0.1, 0.15) is 24.4 Å². The molecule has 170 valence electrons. The summed E-state index contributed by atoms with van der Waals surface area (Å²) >= 11 is 0. The van der Waals surface area contributed by atoms with Crippen molar-refractivity contribution in [3.05, 3.63) is 82.4 Å². The molecule has 34 heavy (non-hydrogen) atoms. The highest BCUT2D eigenvalue weighted by Gasteiger charge is 2.31. The van der Waals surface area contributed by atoms with Gasteiger partial charge in [-0.2, -0.15) is 5.10 Å². The van der Waals surface area contributed by atoms with Gasteiger partial charge in [0.2, 0.25) is 0 Å². The van der Waals surface area contributed by atoms with Crippen LogP contribution in [0.1, 0.15) is 34.2 Å². The van der Waals surface area contributed by atoms with E-state index in [1.165, 1.54) is 6.33 Å². The molecule has 3 heterocycles. The van der Waals surface area contributed by atoms with Crippen molar-refractivity contribution in [2.45, 2.75) is 26.6 Å².